The number of rotatable bonds is 7. The van der Waals surface area contributed by atoms with Crippen LogP contribution in [0.3, 0.4) is 0 Å². The summed E-state index contributed by atoms with van der Waals surface area (Å²) in [7, 11) is -2.41. The van der Waals surface area contributed by atoms with Crippen molar-refractivity contribution >= 4 is 27.1 Å². The molecule has 2 aromatic heterocycles. The molecule has 0 aliphatic rings. The molecule has 2 heterocycles. The fraction of sp³-hybridized carbons (Fsp3) is 0.0667. The van der Waals surface area contributed by atoms with Crippen LogP contribution in [0.15, 0.2) is 47.5 Å². The molecule has 12 nitrogen and oxygen atoms in total. The first-order valence-electron chi connectivity index (χ1n) is 7.63. The molecule has 0 saturated carbocycles. The van der Waals surface area contributed by atoms with Crippen LogP contribution in [0.25, 0.3) is 5.57 Å². The molecule has 0 bridgehead atoms. The molecule has 142 valence electrons. The molecule has 13 heteroatoms. The number of hydrogen-bond acceptors (Lipinski definition) is 10. The average Bonchev–Trinajstić information content (AvgIpc) is 3.24. The van der Waals surface area contributed by atoms with Gasteiger partial charge in [-0.15, -0.1) is 20.4 Å². The van der Waals surface area contributed by atoms with Crippen LogP contribution in [-0.2, 0) is 10.0 Å². The molecular weight excluding hydrogens is 386 g/mol. The Morgan fingerprint density at radius 2 is 1.96 bits per heavy atom. The number of sulfonamides is 1. The van der Waals surface area contributed by atoms with E-state index in [2.05, 4.69) is 40.9 Å². The fourth-order valence-electron chi connectivity index (χ4n) is 1.99. The molecule has 0 saturated heterocycles. The number of tetrazole rings is 1. The van der Waals surface area contributed by atoms with Crippen LogP contribution >= 0.6 is 0 Å². The number of nitrogens with one attached hydrogen (secondary N) is 3. The first-order chi connectivity index (χ1) is 13.5. The van der Waals surface area contributed by atoms with Gasteiger partial charge in [0.1, 0.15) is 11.6 Å². The minimum Gasteiger partial charge on any atom is -0.480 e. The number of nitriles is 1. The zero-order chi connectivity index (χ0) is 20.0. The molecule has 28 heavy (non-hydrogen) atoms. The second kappa shape index (κ2) is 8.10. The number of nitrogens with zero attached hydrogens (tertiary/aromatic N) is 6. The molecule has 0 aliphatic heterocycles. The third kappa shape index (κ3) is 4.37. The Morgan fingerprint density at radius 1 is 1.18 bits per heavy atom. The first-order valence-corrected chi connectivity index (χ1v) is 9.11. The molecule has 3 rings (SSSR count). The summed E-state index contributed by atoms with van der Waals surface area (Å²) in [5, 5.41) is 32.5. The van der Waals surface area contributed by atoms with Crippen LogP contribution in [0.1, 0.15) is 5.82 Å². The van der Waals surface area contributed by atoms with Crippen molar-refractivity contribution in [3.63, 3.8) is 0 Å². The standard InChI is InChI=1S/C15H13N9O3S/c1-27-14-7-6-13(18-19-14)22-28(25,26)12-4-2-11(3-5-12)17-9-10(8-16)15-20-23-24-21-15/h2-7,9,17H,1H3,(H,18,22)(H,20,21,23,24). The molecule has 0 fully saturated rings. The third-order valence-electron chi connectivity index (χ3n) is 3.34. The minimum absolute atomic E-state index is 0.0262. The van der Waals surface area contributed by atoms with E-state index in [4.69, 9.17) is 10.00 Å². The Hall–Kier alpha value is -4.05. The van der Waals surface area contributed by atoms with E-state index < -0.39 is 10.0 Å². The molecule has 0 spiro atoms. The van der Waals surface area contributed by atoms with Gasteiger partial charge in [-0.05, 0) is 35.5 Å². The maximum atomic E-state index is 12.4. The van der Waals surface area contributed by atoms with Crippen molar-refractivity contribution in [2.24, 2.45) is 0 Å². The maximum absolute atomic E-state index is 12.4. The fourth-order valence-corrected chi connectivity index (χ4v) is 2.98. The molecular formula is C15H13N9O3S. The zero-order valence-electron chi connectivity index (χ0n) is 14.4. The van der Waals surface area contributed by atoms with Gasteiger partial charge in [0, 0.05) is 18.0 Å². The van der Waals surface area contributed by atoms with Crippen molar-refractivity contribution in [1.29, 1.82) is 5.26 Å². The Labute approximate surface area is 159 Å². The number of aromatic nitrogens is 6. The smallest absolute Gasteiger partial charge is 0.263 e. The van der Waals surface area contributed by atoms with Crippen molar-refractivity contribution in [1.82, 2.24) is 30.8 Å². The van der Waals surface area contributed by atoms with E-state index in [1.54, 1.807) is 0 Å². The van der Waals surface area contributed by atoms with Crippen LogP contribution in [0.2, 0.25) is 0 Å². The van der Waals surface area contributed by atoms with Gasteiger partial charge in [-0.25, -0.2) is 8.42 Å². The van der Waals surface area contributed by atoms with Gasteiger partial charge in [0.2, 0.25) is 11.7 Å². The van der Waals surface area contributed by atoms with E-state index in [1.807, 2.05) is 6.07 Å². The molecule has 3 N–H and O–H groups in total. The highest BCUT2D eigenvalue weighted by atomic mass is 32.2. The lowest BCUT2D eigenvalue weighted by molar-refractivity contribution is 0.392. The molecule has 0 amide bonds. The maximum Gasteiger partial charge on any atom is 0.263 e. The van der Waals surface area contributed by atoms with Gasteiger partial charge in [0.05, 0.1) is 12.0 Å². The number of benzene rings is 1. The van der Waals surface area contributed by atoms with Crippen molar-refractivity contribution in [2.45, 2.75) is 4.90 Å². The summed E-state index contributed by atoms with van der Waals surface area (Å²) in [6.07, 6.45) is 1.39. The Kier molecular flexibility index (Phi) is 5.42. The summed E-state index contributed by atoms with van der Waals surface area (Å²) in [6.45, 7) is 0. The molecule has 0 atom stereocenters. The van der Waals surface area contributed by atoms with Crippen LogP contribution in [0.5, 0.6) is 5.88 Å². The highest BCUT2D eigenvalue weighted by Crippen LogP contribution is 2.18. The lowest BCUT2D eigenvalue weighted by Crippen LogP contribution is -2.14. The second-order valence-electron chi connectivity index (χ2n) is 5.14. The van der Waals surface area contributed by atoms with Crippen LogP contribution in [-0.4, -0.2) is 46.3 Å². The van der Waals surface area contributed by atoms with Crippen LogP contribution in [0.4, 0.5) is 11.5 Å². The quantitative estimate of drug-likeness (QED) is 0.482. The molecule has 0 aliphatic carbocycles. The minimum atomic E-state index is -3.84. The van der Waals surface area contributed by atoms with Gasteiger partial charge < -0.3 is 10.1 Å². The summed E-state index contributed by atoms with van der Waals surface area (Å²) in [5.41, 5.74) is 0.713. The predicted octanol–water partition coefficient (Wildman–Crippen LogP) is 0.776. The van der Waals surface area contributed by atoms with Gasteiger partial charge in [0.15, 0.2) is 5.82 Å². The number of ether oxygens (including phenoxy) is 1. The monoisotopic (exact) mass is 399 g/mol. The number of anilines is 2. The zero-order valence-corrected chi connectivity index (χ0v) is 15.2. The Morgan fingerprint density at radius 3 is 2.54 bits per heavy atom. The molecule has 0 unspecified atom stereocenters. The largest absolute Gasteiger partial charge is 0.480 e. The van der Waals surface area contributed by atoms with E-state index in [1.165, 1.54) is 49.7 Å². The number of aromatic amines is 1. The molecule has 0 radical (unpaired) electrons. The first kappa shape index (κ1) is 18.7. The van der Waals surface area contributed by atoms with E-state index in [0.717, 1.165) is 0 Å². The topological polar surface area (TPSA) is 171 Å². The van der Waals surface area contributed by atoms with Crippen molar-refractivity contribution in [3.8, 4) is 11.9 Å². The molecule has 3 aromatic rings. The van der Waals surface area contributed by atoms with Crippen molar-refractivity contribution < 1.29 is 13.2 Å². The van der Waals surface area contributed by atoms with Gasteiger partial charge in [0.25, 0.3) is 10.0 Å². The average molecular weight is 399 g/mol. The van der Waals surface area contributed by atoms with Crippen molar-refractivity contribution in [3.05, 3.63) is 48.4 Å². The Bertz CT molecular complexity index is 1100. The van der Waals surface area contributed by atoms with E-state index in [9.17, 15) is 8.42 Å². The second-order valence-corrected chi connectivity index (χ2v) is 6.82. The van der Waals surface area contributed by atoms with E-state index >= 15 is 0 Å². The van der Waals surface area contributed by atoms with Crippen molar-refractivity contribution in [2.75, 3.05) is 17.1 Å². The summed E-state index contributed by atoms with van der Waals surface area (Å²) >= 11 is 0. The summed E-state index contributed by atoms with van der Waals surface area (Å²) < 4.78 is 32.0. The predicted molar refractivity (Wildman–Crippen MR) is 97.2 cm³/mol. The summed E-state index contributed by atoms with van der Waals surface area (Å²) in [6, 6.07) is 10.7. The summed E-state index contributed by atoms with van der Waals surface area (Å²) in [4.78, 5) is 0.0262. The van der Waals surface area contributed by atoms with Crippen LogP contribution < -0.4 is 14.8 Å². The van der Waals surface area contributed by atoms with E-state index in [0.29, 0.717) is 5.69 Å². The lowest BCUT2D eigenvalue weighted by atomic mass is 10.3. The summed E-state index contributed by atoms with van der Waals surface area (Å²) in [5.74, 6) is 0.465. The Balaban J connectivity index is 1.71. The number of hydrogen-bond donors (Lipinski definition) is 3. The van der Waals surface area contributed by atoms with Gasteiger partial charge >= 0.3 is 0 Å². The van der Waals surface area contributed by atoms with Gasteiger partial charge in [-0.3, -0.25) is 4.72 Å². The van der Waals surface area contributed by atoms with Gasteiger partial charge in [-0.2, -0.15) is 10.5 Å². The highest BCUT2D eigenvalue weighted by Gasteiger charge is 2.15. The van der Waals surface area contributed by atoms with E-state index in [-0.39, 0.29) is 28.0 Å². The highest BCUT2D eigenvalue weighted by molar-refractivity contribution is 7.92. The SMILES string of the molecule is COc1ccc(NS(=O)(=O)c2ccc(NC=C(C#N)c3nn[nH]n3)cc2)nn1. The number of allylic oxidation sites excluding steroid dienone is 1. The number of H-pyrrole nitrogens is 1. The van der Waals surface area contributed by atoms with Gasteiger partial charge in [-0.1, -0.05) is 0 Å². The molecule has 1 aromatic carbocycles. The normalized spacial score (nSPS) is 11.5. The lowest BCUT2D eigenvalue weighted by Gasteiger charge is -2.08. The third-order valence-corrected chi connectivity index (χ3v) is 4.71. The number of methoxy groups -OCH3 is 1. The van der Waals surface area contributed by atoms with Crippen LogP contribution in [0, 0.1) is 11.3 Å².